The molecule has 2 aromatic heterocycles. The number of hydrogen-bond donors (Lipinski definition) is 0. The number of aromatic nitrogens is 1. The molecule has 2 heterocycles. The molecule has 12 rings (SSSR count). The molecule has 0 N–H and O–H groups in total. The second-order valence-electron chi connectivity index (χ2n) is 15.3. The summed E-state index contributed by atoms with van der Waals surface area (Å²) in [5.41, 5.74) is 13.3. The van der Waals surface area contributed by atoms with E-state index in [1.165, 1.54) is 60.2 Å². The van der Waals surface area contributed by atoms with E-state index in [1.54, 1.807) is 0 Å². The van der Waals surface area contributed by atoms with E-state index in [4.69, 9.17) is 4.42 Å². The van der Waals surface area contributed by atoms with E-state index in [9.17, 15) is 0 Å². The number of anilines is 3. The van der Waals surface area contributed by atoms with Crippen LogP contribution in [0.1, 0.15) is 0 Å². The molecule has 0 aliphatic heterocycles. The normalized spacial score (nSPS) is 11.7. The van der Waals surface area contributed by atoms with Gasteiger partial charge in [0.05, 0.1) is 22.4 Å². The van der Waals surface area contributed by atoms with Crippen LogP contribution in [-0.2, 0) is 0 Å². The van der Waals surface area contributed by atoms with Crippen molar-refractivity contribution in [2.75, 3.05) is 4.90 Å². The van der Waals surface area contributed by atoms with Gasteiger partial charge < -0.3 is 13.9 Å². The van der Waals surface area contributed by atoms with Gasteiger partial charge in [-0.1, -0.05) is 152 Å². The van der Waals surface area contributed by atoms with Crippen LogP contribution in [0.4, 0.5) is 17.1 Å². The van der Waals surface area contributed by atoms with Gasteiger partial charge >= 0.3 is 0 Å². The van der Waals surface area contributed by atoms with Crippen molar-refractivity contribution in [2.24, 2.45) is 0 Å². The fourth-order valence-electron chi connectivity index (χ4n) is 9.16. The summed E-state index contributed by atoms with van der Waals surface area (Å²) >= 11 is 0. The molecule has 0 saturated carbocycles. The number of para-hydroxylation sites is 1. The predicted molar refractivity (Wildman–Crippen MR) is 249 cm³/mol. The average Bonchev–Trinajstić information content (AvgIpc) is 3.84. The topological polar surface area (TPSA) is 21.3 Å². The number of hydrogen-bond acceptors (Lipinski definition) is 2. The molecule has 10 aromatic carbocycles. The number of fused-ring (bicyclic) bond motifs is 8. The van der Waals surface area contributed by atoms with Crippen molar-refractivity contribution in [1.82, 2.24) is 4.57 Å². The van der Waals surface area contributed by atoms with Crippen LogP contribution in [0, 0.1) is 0 Å². The van der Waals surface area contributed by atoms with E-state index in [-0.39, 0.29) is 0 Å². The summed E-state index contributed by atoms with van der Waals surface area (Å²) in [6.07, 6.45) is 0. The van der Waals surface area contributed by atoms with Gasteiger partial charge in [0.2, 0.25) is 0 Å². The molecule has 3 heteroatoms. The molecule has 0 unspecified atom stereocenters. The quantitative estimate of drug-likeness (QED) is 0.169. The van der Waals surface area contributed by atoms with E-state index in [0.29, 0.717) is 0 Å². The molecule has 0 aliphatic rings. The minimum atomic E-state index is 0.865. The van der Waals surface area contributed by atoms with Crippen LogP contribution < -0.4 is 4.90 Å². The summed E-state index contributed by atoms with van der Waals surface area (Å²) in [4.78, 5) is 2.37. The molecule has 0 saturated heterocycles. The lowest BCUT2D eigenvalue weighted by molar-refractivity contribution is 0.669. The van der Waals surface area contributed by atoms with Gasteiger partial charge in [-0.05, 0) is 99.8 Å². The van der Waals surface area contributed by atoms with Crippen LogP contribution in [0.3, 0.4) is 0 Å². The van der Waals surface area contributed by atoms with Gasteiger partial charge in [-0.2, -0.15) is 0 Å². The number of nitrogens with zero attached hydrogens (tertiary/aromatic N) is 2. The molecular formula is C56H36N2O. The van der Waals surface area contributed by atoms with Gasteiger partial charge in [0.15, 0.2) is 0 Å². The van der Waals surface area contributed by atoms with Gasteiger partial charge in [-0.15, -0.1) is 0 Å². The minimum Gasteiger partial charge on any atom is -0.456 e. The molecule has 59 heavy (non-hydrogen) atoms. The zero-order valence-corrected chi connectivity index (χ0v) is 32.1. The van der Waals surface area contributed by atoms with Crippen molar-refractivity contribution in [3.63, 3.8) is 0 Å². The maximum atomic E-state index is 6.53. The Morgan fingerprint density at radius 1 is 0.322 bits per heavy atom. The SMILES string of the molecule is c1ccc(-c2ccc(N(c3ccc4oc5ccc(-c6ccc7c8ccccc8n(-c8cccc9ccccc89)c7c6)cc5c4c3)c3cccc4ccccc34)cc2)cc1. The molecule has 0 spiro atoms. The molecule has 0 bridgehead atoms. The van der Waals surface area contributed by atoms with Crippen molar-refractivity contribution < 1.29 is 4.42 Å². The molecule has 0 fully saturated rings. The molecule has 0 amide bonds. The first-order valence-corrected chi connectivity index (χ1v) is 20.2. The lowest BCUT2D eigenvalue weighted by atomic mass is 10.0. The van der Waals surface area contributed by atoms with Gasteiger partial charge in [-0.3, -0.25) is 0 Å². The molecule has 0 atom stereocenters. The molecular weight excluding hydrogens is 717 g/mol. The van der Waals surface area contributed by atoms with Gasteiger partial charge in [0.1, 0.15) is 11.2 Å². The Labute approximate surface area is 341 Å². The summed E-state index contributed by atoms with van der Waals surface area (Å²) in [5.74, 6) is 0. The van der Waals surface area contributed by atoms with Crippen LogP contribution >= 0.6 is 0 Å². The van der Waals surface area contributed by atoms with Gasteiger partial charge in [0.25, 0.3) is 0 Å². The predicted octanol–water partition coefficient (Wildman–Crippen LogP) is 15.8. The van der Waals surface area contributed by atoms with Crippen molar-refractivity contribution in [1.29, 1.82) is 0 Å². The average molecular weight is 753 g/mol. The van der Waals surface area contributed by atoms with E-state index in [1.807, 2.05) is 0 Å². The third-order valence-electron chi connectivity index (χ3n) is 12.0. The highest BCUT2D eigenvalue weighted by Gasteiger charge is 2.19. The van der Waals surface area contributed by atoms with Crippen molar-refractivity contribution in [3.8, 4) is 27.9 Å². The standard InChI is InChI=1S/C56H36N2O/c1-2-12-37(13-3-1)38-24-28-43(29-25-38)57(51-22-10-16-39-14-4-6-18-45(39)51)44-30-33-56-50(36-44)49-34-41(27-32-55(49)59-56)42-26-31-48-47-20-8-9-21-53(47)58(54(48)35-42)52-23-11-17-40-15-5-7-19-46(40)52/h1-36H. The fourth-order valence-corrected chi connectivity index (χ4v) is 9.16. The maximum Gasteiger partial charge on any atom is 0.135 e. The number of rotatable bonds is 6. The molecule has 0 radical (unpaired) electrons. The molecule has 3 nitrogen and oxygen atoms in total. The Morgan fingerprint density at radius 3 is 1.71 bits per heavy atom. The first-order chi connectivity index (χ1) is 29.2. The third-order valence-corrected chi connectivity index (χ3v) is 12.0. The first kappa shape index (κ1) is 33.3. The summed E-state index contributed by atoms with van der Waals surface area (Å²) in [7, 11) is 0. The van der Waals surface area contributed by atoms with Crippen LogP contribution in [0.2, 0.25) is 0 Å². The second-order valence-corrected chi connectivity index (χ2v) is 15.3. The van der Waals surface area contributed by atoms with Crippen LogP contribution in [-0.4, -0.2) is 4.57 Å². The summed E-state index contributed by atoms with van der Waals surface area (Å²) in [6, 6.07) is 78.7. The Bertz CT molecular complexity index is 3550. The zero-order valence-electron chi connectivity index (χ0n) is 32.1. The molecule has 276 valence electrons. The Morgan fingerprint density at radius 2 is 0.881 bits per heavy atom. The largest absolute Gasteiger partial charge is 0.456 e. The number of benzene rings is 10. The van der Waals surface area contributed by atoms with E-state index in [0.717, 1.165) is 50.1 Å². The van der Waals surface area contributed by atoms with Gasteiger partial charge in [-0.25, -0.2) is 0 Å². The number of furan rings is 1. The van der Waals surface area contributed by atoms with Gasteiger partial charge in [0, 0.05) is 43.7 Å². The summed E-state index contributed by atoms with van der Waals surface area (Å²) in [5, 5.41) is 9.51. The minimum absolute atomic E-state index is 0.865. The zero-order chi connectivity index (χ0) is 38.9. The van der Waals surface area contributed by atoms with Crippen molar-refractivity contribution in [2.45, 2.75) is 0 Å². The Balaban J connectivity index is 1.02. The summed E-state index contributed by atoms with van der Waals surface area (Å²) in [6.45, 7) is 0. The van der Waals surface area contributed by atoms with Crippen LogP contribution in [0.5, 0.6) is 0 Å². The highest BCUT2D eigenvalue weighted by atomic mass is 16.3. The second kappa shape index (κ2) is 13.4. The van der Waals surface area contributed by atoms with Crippen LogP contribution in [0.25, 0.3) is 93.2 Å². The van der Waals surface area contributed by atoms with E-state index in [2.05, 4.69) is 228 Å². The van der Waals surface area contributed by atoms with Crippen molar-refractivity contribution in [3.05, 3.63) is 218 Å². The maximum absolute atomic E-state index is 6.53. The van der Waals surface area contributed by atoms with E-state index < -0.39 is 0 Å². The third kappa shape index (κ3) is 5.44. The lowest BCUT2D eigenvalue weighted by Gasteiger charge is -2.27. The molecule has 12 aromatic rings. The first-order valence-electron chi connectivity index (χ1n) is 20.2. The highest BCUT2D eigenvalue weighted by Crippen LogP contribution is 2.43. The fraction of sp³-hybridized carbons (Fsp3) is 0. The Hall–Kier alpha value is -7.88. The summed E-state index contributed by atoms with van der Waals surface area (Å²) < 4.78 is 8.96. The van der Waals surface area contributed by atoms with E-state index >= 15 is 0 Å². The Kier molecular flexibility index (Phi) is 7.54. The monoisotopic (exact) mass is 752 g/mol. The molecule has 0 aliphatic carbocycles. The highest BCUT2D eigenvalue weighted by molar-refractivity contribution is 6.12. The van der Waals surface area contributed by atoms with Crippen molar-refractivity contribution >= 4 is 82.4 Å². The lowest BCUT2D eigenvalue weighted by Crippen LogP contribution is -2.10. The smallest absolute Gasteiger partial charge is 0.135 e. The van der Waals surface area contributed by atoms with Crippen LogP contribution in [0.15, 0.2) is 223 Å².